The minimum absolute atomic E-state index is 0.102. The molecule has 144 valence electrons. The summed E-state index contributed by atoms with van der Waals surface area (Å²) in [5.74, 6) is 1.68. The van der Waals surface area contributed by atoms with Crippen molar-refractivity contribution in [2.75, 3.05) is 25.3 Å². The molecule has 2 aromatic rings. The molecule has 0 aromatic heterocycles. The average Bonchev–Trinajstić information content (AvgIpc) is 3.13. The fraction of sp³-hybridized carbons (Fsp3) is 0.278. The largest absolute Gasteiger partial charge is 0.492 e. The number of benzene rings is 2. The van der Waals surface area contributed by atoms with Gasteiger partial charge in [-0.15, -0.1) is 0 Å². The first kappa shape index (κ1) is 19.0. The van der Waals surface area contributed by atoms with E-state index in [2.05, 4.69) is 10.0 Å². The van der Waals surface area contributed by atoms with E-state index in [1.54, 1.807) is 37.3 Å². The minimum Gasteiger partial charge on any atom is -0.492 e. The summed E-state index contributed by atoms with van der Waals surface area (Å²) < 4.78 is 43.1. The van der Waals surface area contributed by atoms with Crippen molar-refractivity contribution in [1.82, 2.24) is 4.72 Å². The molecule has 0 aliphatic carbocycles. The van der Waals surface area contributed by atoms with Crippen LogP contribution in [0.4, 0.5) is 5.69 Å². The molecule has 0 bridgehead atoms. The van der Waals surface area contributed by atoms with Gasteiger partial charge in [-0.25, -0.2) is 13.1 Å². The molecule has 2 N–H and O–H groups in total. The Balaban J connectivity index is 1.50. The topological polar surface area (TPSA) is 103 Å². The van der Waals surface area contributed by atoms with Gasteiger partial charge in [0.1, 0.15) is 12.4 Å². The van der Waals surface area contributed by atoms with Gasteiger partial charge in [0.25, 0.3) is 0 Å². The van der Waals surface area contributed by atoms with E-state index in [9.17, 15) is 13.2 Å². The molecule has 27 heavy (non-hydrogen) atoms. The van der Waals surface area contributed by atoms with Crippen LogP contribution in [0.25, 0.3) is 0 Å². The lowest BCUT2D eigenvalue weighted by molar-refractivity contribution is -0.115. The van der Waals surface area contributed by atoms with E-state index in [1.807, 2.05) is 0 Å². The van der Waals surface area contributed by atoms with Crippen LogP contribution in [0.15, 0.2) is 47.4 Å². The summed E-state index contributed by atoms with van der Waals surface area (Å²) in [6.07, 6.45) is 0.352. The molecule has 0 saturated heterocycles. The van der Waals surface area contributed by atoms with Gasteiger partial charge in [-0.2, -0.15) is 0 Å². The molecule has 3 rings (SSSR count). The zero-order chi connectivity index (χ0) is 19.3. The molecule has 0 saturated carbocycles. The summed E-state index contributed by atoms with van der Waals surface area (Å²) in [7, 11) is -3.66. The molecule has 1 aliphatic rings. The Bertz CT molecular complexity index is 912. The highest BCUT2D eigenvalue weighted by molar-refractivity contribution is 7.89. The van der Waals surface area contributed by atoms with Crippen molar-refractivity contribution in [1.29, 1.82) is 0 Å². The maximum absolute atomic E-state index is 12.3. The second kappa shape index (κ2) is 8.28. The van der Waals surface area contributed by atoms with Gasteiger partial charge in [0.05, 0.1) is 4.90 Å². The highest BCUT2D eigenvalue weighted by Gasteiger charge is 2.15. The van der Waals surface area contributed by atoms with Crippen molar-refractivity contribution in [2.45, 2.75) is 18.2 Å². The number of nitrogens with one attached hydrogen (secondary N) is 2. The number of rotatable bonds is 8. The van der Waals surface area contributed by atoms with E-state index >= 15 is 0 Å². The van der Waals surface area contributed by atoms with E-state index < -0.39 is 10.0 Å². The fourth-order valence-corrected chi connectivity index (χ4v) is 3.37. The zero-order valence-corrected chi connectivity index (χ0v) is 15.5. The molecule has 1 aliphatic heterocycles. The number of carbonyl (C=O) groups is 1. The normalized spacial score (nSPS) is 12.6. The van der Waals surface area contributed by atoms with E-state index in [0.717, 1.165) is 0 Å². The van der Waals surface area contributed by atoms with Gasteiger partial charge >= 0.3 is 0 Å². The van der Waals surface area contributed by atoms with Crippen molar-refractivity contribution in [3.8, 4) is 17.2 Å². The third-order valence-electron chi connectivity index (χ3n) is 3.78. The van der Waals surface area contributed by atoms with Crippen LogP contribution in [0.1, 0.15) is 13.3 Å². The molecule has 8 nitrogen and oxygen atoms in total. The van der Waals surface area contributed by atoms with Crippen molar-refractivity contribution in [2.24, 2.45) is 0 Å². The summed E-state index contributed by atoms with van der Waals surface area (Å²) in [6, 6.07) is 11.1. The summed E-state index contributed by atoms with van der Waals surface area (Å²) in [6.45, 7) is 2.18. The third-order valence-corrected chi connectivity index (χ3v) is 5.25. The molecule has 0 fully saturated rings. The fourth-order valence-electron chi connectivity index (χ4n) is 2.36. The molecule has 1 amide bonds. The van der Waals surface area contributed by atoms with Crippen LogP contribution in [0.5, 0.6) is 17.2 Å². The summed E-state index contributed by atoms with van der Waals surface area (Å²) in [5, 5.41) is 2.67. The number of hydrogen-bond donors (Lipinski definition) is 2. The molecule has 0 atom stereocenters. The minimum atomic E-state index is -3.66. The predicted octanol–water partition coefficient (Wildman–Crippen LogP) is 2.12. The van der Waals surface area contributed by atoms with Gasteiger partial charge in [-0.3, -0.25) is 4.79 Å². The number of amides is 1. The van der Waals surface area contributed by atoms with Crippen LogP contribution in [-0.4, -0.2) is 34.3 Å². The SMILES string of the molecule is CCC(=O)Nc1ccc(S(=O)(=O)NCCOc2ccc3c(c2)OCO3)cc1. The van der Waals surface area contributed by atoms with E-state index in [-0.39, 0.29) is 30.7 Å². The molecule has 0 unspecified atom stereocenters. The van der Waals surface area contributed by atoms with Gasteiger partial charge in [-0.05, 0) is 36.4 Å². The number of hydrogen-bond acceptors (Lipinski definition) is 6. The second-order valence-electron chi connectivity index (χ2n) is 5.69. The van der Waals surface area contributed by atoms with E-state index in [4.69, 9.17) is 14.2 Å². The highest BCUT2D eigenvalue weighted by atomic mass is 32.2. The number of anilines is 1. The molecule has 2 aromatic carbocycles. The van der Waals surface area contributed by atoms with Gasteiger partial charge in [0, 0.05) is 24.7 Å². The van der Waals surface area contributed by atoms with Gasteiger partial charge < -0.3 is 19.5 Å². The van der Waals surface area contributed by atoms with Crippen molar-refractivity contribution in [3.05, 3.63) is 42.5 Å². The summed E-state index contributed by atoms with van der Waals surface area (Å²) in [5.41, 5.74) is 0.548. The Hall–Kier alpha value is -2.78. The quantitative estimate of drug-likeness (QED) is 0.667. The third kappa shape index (κ3) is 4.89. The zero-order valence-electron chi connectivity index (χ0n) is 14.7. The Morgan fingerprint density at radius 2 is 1.85 bits per heavy atom. The molecular formula is C18H20N2O6S. The molecule has 1 heterocycles. The van der Waals surface area contributed by atoms with Crippen LogP contribution < -0.4 is 24.2 Å². The monoisotopic (exact) mass is 392 g/mol. The maximum Gasteiger partial charge on any atom is 0.240 e. The lowest BCUT2D eigenvalue weighted by Gasteiger charge is -2.10. The Morgan fingerprint density at radius 3 is 2.59 bits per heavy atom. The number of ether oxygens (including phenoxy) is 3. The van der Waals surface area contributed by atoms with Crippen LogP contribution >= 0.6 is 0 Å². The Kier molecular flexibility index (Phi) is 5.82. The number of fused-ring (bicyclic) bond motifs is 1. The first-order chi connectivity index (χ1) is 13.0. The molecule has 9 heteroatoms. The lowest BCUT2D eigenvalue weighted by Crippen LogP contribution is -2.28. The predicted molar refractivity (Wildman–Crippen MR) is 98.6 cm³/mol. The van der Waals surface area contributed by atoms with Crippen LogP contribution in [-0.2, 0) is 14.8 Å². The average molecular weight is 392 g/mol. The smallest absolute Gasteiger partial charge is 0.240 e. The van der Waals surface area contributed by atoms with Crippen molar-refractivity contribution in [3.63, 3.8) is 0 Å². The van der Waals surface area contributed by atoms with E-state index in [1.165, 1.54) is 12.1 Å². The summed E-state index contributed by atoms with van der Waals surface area (Å²) in [4.78, 5) is 11.5. The van der Waals surface area contributed by atoms with Crippen molar-refractivity contribution < 1.29 is 27.4 Å². The highest BCUT2D eigenvalue weighted by Crippen LogP contribution is 2.34. The number of carbonyl (C=O) groups excluding carboxylic acids is 1. The standard InChI is InChI=1S/C18H20N2O6S/c1-2-18(21)20-13-3-6-15(7-4-13)27(22,23)19-9-10-24-14-5-8-16-17(11-14)26-12-25-16/h3-8,11,19H,2,9-10,12H2,1H3,(H,20,21). The second-order valence-corrected chi connectivity index (χ2v) is 7.45. The van der Waals surface area contributed by atoms with Gasteiger partial charge in [0.2, 0.25) is 22.7 Å². The van der Waals surface area contributed by atoms with Gasteiger partial charge in [-0.1, -0.05) is 6.92 Å². The van der Waals surface area contributed by atoms with Crippen LogP contribution in [0.2, 0.25) is 0 Å². The Labute approximate surface area is 157 Å². The summed E-state index contributed by atoms with van der Waals surface area (Å²) >= 11 is 0. The van der Waals surface area contributed by atoms with Crippen LogP contribution in [0, 0.1) is 0 Å². The van der Waals surface area contributed by atoms with Crippen LogP contribution in [0.3, 0.4) is 0 Å². The maximum atomic E-state index is 12.3. The van der Waals surface area contributed by atoms with E-state index in [0.29, 0.717) is 29.4 Å². The lowest BCUT2D eigenvalue weighted by atomic mass is 10.3. The first-order valence-electron chi connectivity index (χ1n) is 8.40. The first-order valence-corrected chi connectivity index (χ1v) is 9.88. The number of sulfonamides is 1. The van der Waals surface area contributed by atoms with Gasteiger partial charge in [0.15, 0.2) is 11.5 Å². The Morgan fingerprint density at radius 1 is 1.11 bits per heavy atom. The molecular weight excluding hydrogens is 372 g/mol. The molecule has 0 spiro atoms. The van der Waals surface area contributed by atoms with Crippen molar-refractivity contribution >= 4 is 21.6 Å². The molecule has 0 radical (unpaired) electrons.